The van der Waals surface area contributed by atoms with Crippen molar-refractivity contribution >= 4 is 22.6 Å². The number of hydrogen-bond acceptors (Lipinski definition) is 2. The molecule has 0 fully saturated rings. The molecule has 1 aromatic heterocycles. The van der Waals surface area contributed by atoms with E-state index in [-0.39, 0.29) is 23.3 Å². The number of nitrogens with one attached hydrogen (secondary N) is 1. The van der Waals surface area contributed by atoms with Gasteiger partial charge in [-0.25, -0.2) is 0 Å². The molecule has 0 bridgehead atoms. The SMILES string of the molecule is Cc1ccc(Cn2nc(NC(=O)c3ccccc3)c3cccc(C(F)(F)F)c32)cc1. The summed E-state index contributed by atoms with van der Waals surface area (Å²) in [5.74, 6) is -0.341. The Morgan fingerprint density at radius 2 is 1.67 bits per heavy atom. The average Bonchev–Trinajstić information content (AvgIpc) is 3.07. The minimum Gasteiger partial charge on any atom is -0.305 e. The quantitative estimate of drug-likeness (QED) is 0.473. The molecular weight excluding hydrogens is 391 g/mol. The number of halogens is 3. The molecule has 0 unspecified atom stereocenters. The number of carbonyl (C=O) groups is 1. The molecule has 0 spiro atoms. The first-order chi connectivity index (χ1) is 14.3. The van der Waals surface area contributed by atoms with E-state index < -0.39 is 17.6 Å². The molecule has 0 aliphatic rings. The van der Waals surface area contributed by atoms with Gasteiger partial charge in [0.1, 0.15) is 0 Å². The zero-order valence-electron chi connectivity index (χ0n) is 16.1. The minimum absolute atomic E-state index is 0.0612. The fraction of sp³-hybridized carbons (Fsp3) is 0.130. The van der Waals surface area contributed by atoms with Gasteiger partial charge in [-0.1, -0.05) is 54.1 Å². The lowest BCUT2D eigenvalue weighted by atomic mass is 10.1. The fourth-order valence-electron chi connectivity index (χ4n) is 3.31. The van der Waals surface area contributed by atoms with E-state index in [2.05, 4.69) is 10.4 Å². The van der Waals surface area contributed by atoms with Gasteiger partial charge in [0.2, 0.25) is 0 Å². The molecule has 152 valence electrons. The van der Waals surface area contributed by atoms with Crippen LogP contribution >= 0.6 is 0 Å². The van der Waals surface area contributed by atoms with Crippen LogP contribution in [-0.2, 0) is 12.7 Å². The van der Waals surface area contributed by atoms with E-state index in [9.17, 15) is 18.0 Å². The molecule has 4 rings (SSSR count). The third-order valence-corrected chi connectivity index (χ3v) is 4.80. The highest BCUT2D eigenvalue weighted by Crippen LogP contribution is 2.37. The van der Waals surface area contributed by atoms with E-state index >= 15 is 0 Å². The van der Waals surface area contributed by atoms with Crippen LogP contribution in [0.15, 0.2) is 72.8 Å². The number of para-hydroxylation sites is 1. The van der Waals surface area contributed by atoms with Crippen molar-refractivity contribution in [1.82, 2.24) is 9.78 Å². The predicted octanol–water partition coefficient (Wildman–Crippen LogP) is 5.66. The van der Waals surface area contributed by atoms with Crippen LogP contribution in [0.3, 0.4) is 0 Å². The fourth-order valence-corrected chi connectivity index (χ4v) is 3.31. The monoisotopic (exact) mass is 409 g/mol. The highest BCUT2D eigenvalue weighted by Gasteiger charge is 2.35. The number of rotatable bonds is 4. The minimum atomic E-state index is -4.55. The summed E-state index contributed by atoms with van der Waals surface area (Å²) in [6.45, 7) is 2.08. The summed E-state index contributed by atoms with van der Waals surface area (Å²) >= 11 is 0. The number of amides is 1. The Bertz CT molecular complexity index is 1200. The van der Waals surface area contributed by atoms with Gasteiger partial charge in [0.15, 0.2) is 5.82 Å². The van der Waals surface area contributed by atoms with Crippen LogP contribution in [0.25, 0.3) is 10.9 Å². The molecule has 30 heavy (non-hydrogen) atoms. The molecule has 0 saturated heterocycles. The Labute approximate surface area is 171 Å². The van der Waals surface area contributed by atoms with Gasteiger partial charge in [0.05, 0.1) is 17.6 Å². The maximum Gasteiger partial charge on any atom is 0.418 e. The summed E-state index contributed by atoms with van der Waals surface area (Å²) in [7, 11) is 0. The largest absolute Gasteiger partial charge is 0.418 e. The molecule has 1 N–H and O–H groups in total. The summed E-state index contributed by atoms with van der Waals surface area (Å²) in [6, 6.07) is 19.8. The third kappa shape index (κ3) is 3.91. The smallest absolute Gasteiger partial charge is 0.305 e. The number of alkyl halides is 3. The highest BCUT2D eigenvalue weighted by molar-refractivity contribution is 6.08. The number of aromatic nitrogens is 2. The highest BCUT2D eigenvalue weighted by atomic mass is 19.4. The standard InChI is InChI=1S/C23H18F3N3O/c1-15-10-12-16(13-11-15)14-29-20-18(8-5-9-19(20)23(24,25)26)21(28-29)27-22(30)17-6-3-2-4-7-17/h2-13H,14H2,1H3,(H,27,28,30). The Hall–Kier alpha value is -3.61. The molecule has 0 radical (unpaired) electrons. The number of carbonyl (C=O) groups excluding carboxylic acids is 1. The number of fused-ring (bicyclic) bond motifs is 1. The average molecular weight is 409 g/mol. The molecule has 0 atom stereocenters. The number of anilines is 1. The summed E-state index contributed by atoms with van der Waals surface area (Å²) in [6.07, 6.45) is -4.55. The number of benzene rings is 3. The van der Waals surface area contributed by atoms with Gasteiger partial charge in [-0.05, 0) is 36.8 Å². The van der Waals surface area contributed by atoms with Crippen LogP contribution in [0, 0.1) is 6.92 Å². The van der Waals surface area contributed by atoms with E-state index in [4.69, 9.17) is 0 Å². The van der Waals surface area contributed by atoms with Gasteiger partial charge in [-0.15, -0.1) is 0 Å². The zero-order chi connectivity index (χ0) is 21.3. The van der Waals surface area contributed by atoms with Crippen molar-refractivity contribution in [3.8, 4) is 0 Å². The van der Waals surface area contributed by atoms with Crippen molar-refractivity contribution in [3.63, 3.8) is 0 Å². The van der Waals surface area contributed by atoms with Crippen LogP contribution in [0.1, 0.15) is 27.0 Å². The second kappa shape index (κ2) is 7.67. The van der Waals surface area contributed by atoms with Crippen molar-refractivity contribution < 1.29 is 18.0 Å². The topological polar surface area (TPSA) is 46.9 Å². The normalized spacial score (nSPS) is 11.6. The summed E-state index contributed by atoms with van der Waals surface area (Å²) in [5.41, 5.74) is 1.40. The summed E-state index contributed by atoms with van der Waals surface area (Å²) in [4.78, 5) is 12.6. The summed E-state index contributed by atoms with van der Waals surface area (Å²) < 4.78 is 42.4. The third-order valence-electron chi connectivity index (χ3n) is 4.80. The van der Waals surface area contributed by atoms with Gasteiger partial charge < -0.3 is 5.32 Å². The van der Waals surface area contributed by atoms with E-state index in [0.717, 1.165) is 17.2 Å². The molecule has 4 nitrogen and oxygen atoms in total. The Morgan fingerprint density at radius 3 is 2.33 bits per heavy atom. The van der Waals surface area contributed by atoms with Crippen molar-refractivity contribution in [2.75, 3.05) is 5.32 Å². The van der Waals surface area contributed by atoms with Crippen molar-refractivity contribution in [2.24, 2.45) is 0 Å². The van der Waals surface area contributed by atoms with Crippen LogP contribution in [-0.4, -0.2) is 15.7 Å². The van der Waals surface area contributed by atoms with Crippen LogP contribution < -0.4 is 5.32 Å². The molecule has 0 saturated carbocycles. The lowest BCUT2D eigenvalue weighted by Crippen LogP contribution is -2.13. The zero-order valence-corrected chi connectivity index (χ0v) is 16.1. The van der Waals surface area contributed by atoms with Crippen molar-refractivity contribution in [3.05, 3.63) is 95.1 Å². The van der Waals surface area contributed by atoms with E-state index in [1.165, 1.54) is 16.8 Å². The first-order valence-electron chi connectivity index (χ1n) is 9.31. The molecule has 0 aliphatic heterocycles. The van der Waals surface area contributed by atoms with E-state index in [0.29, 0.717) is 5.56 Å². The Kier molecular flexibility index (Phi) is 5.03. The van der Waals surface area contributed by atoms with E-state index in [1.807, 2.05) is 31.2 Å². The van der Waals surface area contributed by atoms with Crippen LogP contribution in [0.4, 0.5) is 19.0 Å². The molecule has 4 aromatic rings. The molecule has 1 amide bonds. The first-order valence-corrected chi connectivity index (χ1v) is 9.31. The number of hydrogen-bond donors (Lipinski definition) is 1. The second-order valence-electron chi connectivity index (χ2n) is 7.01. The lowest BCUT2D eigenvalue weighted by Gasteiger charge is -2.11. The maximum atomic E-state index is 13.7. The predicted molar refractivity (Wildman–Crippen MR) is 109 cm³/mol. The van der Waals surface area contributed by atoms with Crippen LogP contribution in [0.5, 0.6) is 0 Å². The van der Waals surface area contributed by atoms with Gasteiger partial charge in [0, 0.05) is 10.9 Å². The van der Waals surface area contributed by atoms with Crippen molar-refractivity contribution in [2.45, 2.75) is 19.6 Å². The first kappa shape index (κ1) is 19.7. The van der Waals surface area contributed by atoms with Crippen molar-refractivity contribution in [1.29, 1.82) is 0 Å². The number of aryl methyl sites for hydroxylation is 1. The molecule has 7 heteroatoms. The maximum absolute atomic E-state index is 13.7. The molecule has 3 aromatic carbocycles. The molecule has 0 aliphatic carbocycles. The molecule has 1 heterocycles. The Balaban J connectivity index is 1.81. The lowest BCUT2D eigenvalue weighted by molar-refractivity contribution is -0.136. The molecular formula is C23H18F3N3O. The van der Waals surface area contributed by atoms with Gasteiger partial charge >= 0.3 is 6.18 Å². The van der Waals surface area contributed by atoms with Gasteiger partial charge in [-0.2, -0.15) is 18.3 Å². The van der Waals surface area contributed by atoms with E-state index in [1.54, 1.807) is 30.3 Å². The second-order valence-corrected chi connectivity index (χ2v) is 7.01. The van der Waals surface area contributed by atoms with Gasteiger partial charge in [-0.3, -0.25) is 9.48 Å². The van der Waals surface area contributed by atoms with Crippen LogP contribution in [0.2, 0.25) is 0 Å². The Morgan fingerprint density at radius 1 is 0.967 bits per heavy atom. The summed E-state index contributed by atoms with van der Waals surface area (Å²) in [5, 5.41) is 7.23. The van der Waals surface area contributed by atoms with Gasteiger partial charge in [0.25, 0.3) is 5.91 Å². The number of nitrogens with zero attached hydrogens (tertiary/aromatic N) is 2.